The first-order valence-corrected chi connectivity index (χ1v) is 6.03. The Morgan fingerprint density at radius 1 is 1.15 bits per heavy atom. The number of ether oxygens (including phenoxy) is 2. The van der Waals surface area contributed by atoms with Crippen molar-refractivity contribution < 1.29 is 9.47 Å². The predicted octanol–water partition coefficient (Wildman–Crippen LogP) is 3.02. The zero-order valence-corrected chi connectivity index (χ0v) is 11.6. The summed E-state index contributed by atoms with van der Waals surface area (Å²) in [5, 5.41) is 12.3. The van der Waals surface area contributed by atoms with Crippen molar-refractivity contribution in [1.29, 1.82) is 5.26 Å². The van der Waals surface area contributed by atoms with Gasteiger partial charge in [-0.25, -0.2) is 4.98 Å². The first-order valence-electron chi connectivity index (χ1n) is 6.03. The van der Waals surface area contributed by atoms with Crippen molar-refractivity contribution in [3.05, 3.63) is 41.6 Å². The molecule has 0 saturated carbocycles. The molecular formula is C15H15N3O2. The van der Waals surface area contributed by atoms with Crippen LogP contribution in [0, 0.1) is 18.3 Å². The van der Waals surface area contributed by atoms with Crippen LogP contribution in [0.3, 0.4) is 0 Å². The molecule has 0 aliphatic carbocycles. The van der Waals surface area contributed by atoms with E-state index in [-0.39, 0.29) is 0 Å². The summed E-state index contributed by atoms with van der Waals surface area (Å²) in [6.45, 7) is 1.87. The molecule has 1 aromatic carbocycles. The molecule has 2 aromatic rings. The minimum atomic E-state index is 0.516. The van der Waals surface area contributed by atoms with Gasteiger partial charge in [0.2, 0.25) is 0 Å². The average Bonchev–Trinajstić information content (AvgIpc) is 2.47. The van der Waals surface area contributed by atoms with E-state index in [9.17, 15) is 5.26 Å². The van der Waals surface area contributed by atoms with Crippen LogP contribution in [0.1, 0.15) is 11.1 Å². The molecule has 1 heterocycles. The zero-order chi connectivity index (χ0) is 14.5. The maximum atomic E-state index is 9.20. The van der Waals surface area contributed by atoms with E-state index in [1.807, 2.05) is 19.1 Å². The molecule has 5 heteroatoms. The first kappa shape index (κ1) is 13.7. The van der Waals surface area contributed by atoms with Crippen molar-refractivity contribution in [3.63, 3.8) is 0 Å². The van der Waals surface area contributed by atoms with Crippen LogP contribution in [0.25, 0.3) is 0 Å². The molecule has 1 N–H and O–H groups in total. The van der Waals surface area contributed by atoms with Crippen LogP contribution in [0.2, 0.25) is 0 Å². The molecule has 0 fully saturated rings. The van der Waals surface area contributed by atoms with Gasteiger partial charge >= 0.3 is 0 Å². The average molecular weight is 269 g/mol. The van der Waals surface area contributed by atoms with E-state index in [1.54, 1.807) is 32.5 Å². The largest absolute Gasteiger partial charge is 0.497 e. The van der Waals surface area contributed by atoms with Crippen LogP contribution < -0.4 is 14.8 Å². The molecule has 0 aliphatic rings. The van der Waals surface area contributed by atoms with Crippen molar-refractivity contribution in [3.8, 4) is 17.6 Å². The molecule has 0 unspecified atom stereocenters. The second-order valence-electron chi connectivity index (χ2n) is 4.19. The molecule has 20 heavy (non-hydrogen) atoms. The van der Waals surface area contributed by atoms with Gasteiger partial charge in [0, 0.05) is 30.1 Å². The molecule has 1 aromatic heterocycles. The third-order valence-electron chi connectivity index (χ3n) is 2.89. The lowest BCUT2D eigenvalue weighted by Gasteiger charge is -2.11. The highest BCUT2D eigenvalue weighted by molar-refractivity contribution is 5.66. The molecule has 0 aliphatic heterocycles. The highest BCUT2D eigenvalue weighted by atomic mass is 16.5. The number of pyridine rings is 1. The minimum absolute atomic E-state index is 0.516. The lowest BCUT2D eigenvalue weighted by Crippen LogP contribution is -1.99. The summed E-state index contributed by atoms with van der Waals surface area (Å²) >= 11 is 0. The molecule has 0 saturated heterocycles. The van der Waals surface area contributed by atoms with Crippen molar-refractivity contribution in [1.82, 2.24) is 4.98 Å². The van der Waals surface area contributed by atoms with Gasteiger partial charge in [0.25, 0.3) is 0 Å². The number of nitrogens with one attached hydrogen (secondary N) is 1. The summed E-state index contributed by atoms with van der Waals surface area (Å²) in [6, 6.07) is 9.36. The molecule has 0 atom stereocenters. The van der Waals surface area contributed by atoms with Crippen LogP contribution in [0.4, 0.5) is 11.5 Å². The monoisotopic (exact) mass is 269 g/mol. The second kappa shape index (κ2) is 5.93. The van der Waals surface area contributed by atoms with Gasteiger partial charge in [-0.1, -0.05) is 0 Å². The van der Waals surface area contributed by atoms with E-state index in [1.165, 1.54) is 0 Å². The standard InChI is InChI=1S/C15H15N3O2/c1-10-4-5-17-15(14(10)9-16)18-11-6-12(19-2)8-13(7-11)20-3/h4-8H,1-3H3,(H,17,18). The maximum Gasteiger partial charge on any atom is 0.148 e. The Morgan fingerprint density at radius 3 is 2.35 bits per heavy atom. The Hall–Kier alpha value is -2.74. The lowest BCUT2D eigenvalue weighted by atomic mass is 10.1. The van der Waals surface area contributed by atoms with Gasteiger partial charge in [0.1, 0.15) is 23.4 Å². The number of aryl methyl sites for hydroxylation is 1. The SMILES string of the molecule is COc1cc(Nc2nccc(C)c2C#N)cc(OC)c1. The van der Waals surface area contributed by atoms with E-state index in [2.05, 4.69) is 16.4 Å². The van der Waals surface area contributed by atoms with E-state index >= 15 is 0 Å². The van der Waals surface area contributed by atoms with Crippen LogP contribution in [-0.4, -0.2) is 19.2 Å². The number of anilines is 2. The number of methoxy groups -OCH3 is 2. The maximum absolute atomic E-state index is 9.20. The Morgan fingerprint density at radius 2 is 1.80 bits per heavy atom. The molecule has 2 rings (SSSR count). The second-order valence-corrected chi connectivity index (χ2v) is 4.19. The molecule has 0 bridgehead atoms. The van der Waals surface area contributed by atoms with Gasteiger partial charge in [0.05, 0.1) is 19.8 Å². The number of rotatable bonds is 4. The molecule has 102 valence electrons. The van der Waals surface area contributed by atoms with E-state index < -0.39 is 0 Å². The van der Waals surface area contributed by atoms with Gasteiger partial charge in [-0.3, -0.25) is 0 Å². The highest BCUT2D eigenvalue weighted by Gasteiger charge is 2.08. The Balaban J connectivity index is 2.40. The molecule has 5 nitrogen and oxygen atoms in total. The summed E-state index contributed by atoms with van der Waals surface area (Å²) in [4.78, 5) is 4.20. The van der Waals surface area contributed by atoms with Crippen LogP contribution in [0.15, 0.2) is 30.5 Å². The van der Waals surface area contributed by atoms with E-state index in [4.69, 9.17) is 9.47 Å². The number of aromatic nitrogens is 1. The van der Waals surface area contributed by atoms with E-state index in [0.29, 0.717) is 22.9 Å². The zero-order valence-electron chi connectivity index (χ0n) is 11.6. The van der Waals surface area contributed by atoms with Crippen molar-refractivity contribution >= 4 is 11.5 Å². The minimum Gasteiger partial charge on any atom is -0.497 e. The lowest BCUT2D eigenvalue weighted by molar-refractivity contribution is 0.395. The van der Waals surface area contributed by atoms with Gasteiger partial charge < -0.3 is 14.8 Å². The van der Waals surface area contributed by atoms with Crippen molar-refractivity contribution in [2.45, 2.75) is 6.92 Å². The molecule has 0 amide bonds. The summed E-state index contributed by atoms with van der Waals surface area (Å²) in [7, 11) is 3.17. The van der Waals surface area contributed by atoms with Crippen LogP contribution >= 0.6 is 0 Å². The summed E-state index contributed by atoms with van der Waals surface area (Å²) in [6.07, 6.45) is 1.66. The fraction of sp³-hybridized carbons (Fsp3) is 0.200. The molecular weight excluding hydrogens is 254 g/mol. The quantitative estimate of drug-likeness (QED) is 0.924. The van der Waals surface area contributed by atoms with Gasteiger partial charge in [-0.05, 0) is 18.6 Å². The first-order chi connectivity index (χ1) is 9.67. The number of nitriles is 1. The number of nitrogens with zero attached hydrogens (tertiary/aromatic N) is 2. The van der Waals surface area contributed by atoms with Gasteiger partial charge in [-0.15, -0.1) is 0 Å². The van der Waals surface area contributed by atoms with Gasteiger partial charge in [0.15, 0.2) is 0 Å². The normalized spacial score (nSPS) is 9.70. The highest BCUT2D eigenvalue weighted by Crippen LogP contribution is 2.28. The predicted molar refractivity (Wildman–Crippen MR) is 76.5 cm³/mol. The van der Waals surface area contributed by atoms with Crippen LogP contribution in [-0.2, 0) is 0 Å². The number of hydrogen-bond donors (Lipinski definition) is 1. The summed E-state index contributed by atoms with van der Waals surface area (Å²) < 4.78 is 10.4. The van der Waals surface area contributed by atoms with Crippen molar-refractivity contribution in [2.24, 2.45) is 0 Å². The number of benzene rings is 1. The third kappa shape index (κ3) is 2.81. The summed E-state index contributed by atoms with van der Waals surface area (Å²) in [5.41, 5.74) is 2.14. The topological polar surface area (TPSA) is 67.2 Å². The third-order valence-corrected chi connectivity index (χ3v) is 2.89. The summed E-state index contributed by atoms with van der Waals surface area (Å²) in [5.74, 6) is 1.85. The molecule has 0 spiro atoms. The Labute approximate surface area is 117 Å². The fourth-order valence-electron chi connectivity index (χ4n) is 1.81. The van der Waals surface area contributed by atoms with E-state index in [0.717, 1.165) is 11.3 Å². The number of hydrogen-bond acceptors (Lipinski definition) is 5. The fourth-order valence-corrected chi connectivity index (χ4v) is 1.81. The Kier molecular flexibility index (Phi) is 4.06. The smallest absolute Gasteiger partial charge is 0.148 e. The van der Waals surface area contributed by atoms with Crippen LogP contribution in [0.5, 0.6) is 11.5 Å². The molecule has 0 radical (unpaired) electrons. The Bertz CT molecular complexity index is 640. The van der Waals surface area contributed by atoms with Gasteiger partial charge in [-0.2, -0.15) is 5.26 Å². The van der Waals surface area contributed by atoms with Crippen molar-refractivity contribution in [2.75, 3.05) is 19.5 Å².